The van der Waals surface area contributed by atoms with Gasteiger partial charge >= 0.3 is 6.09 Å². The number of aryl methyl sites for hydroxylation is 2. The normalized spacial score (nSPS) is 15.7. The molecular formula is C57H68N16O6. The van der Waals surface area contributed by atoms with Crippen LogP contribution >= 0.6 is 0 Å². The molecule has 2 atom stereocenters. The van der Waals surface area contributed by atoms with Crippen molar-refractivity contribution in [2.75, 3.05) is 23.7 Å². The van der Waals surface area contributed by atoms with Crippen LogP contribution in [0.3, 0.4) is 0 Å². The van der Waals surface area contributed by atoms with E-state index in [1.54, 1.807) is 39.1 Å². The second-order valence-corrected chi connectivity index (χ2v) is 23.0. The number of anilines is 4. The number of nitrogens with zero attached hydrogens (tertiary/aromatic N) is 13. The maximum Gasteiger partial charge on any atom is 0.410 e. The fraction of sp³-hybridized carbons (Fsp3) is 0.421. The third-order valence-corrected chi connectivity index (χ3v) is 13.2. The molecule has 79 heavy (non-hydrogen) atoms. The average Bonchev–Trinajstić information content (AvgIpc) is 4.29. The Hall–Kier alpha value is -8.53. The topological polar surface area (TPSA) is 265 Å². The number of Topliss-reactive ketones (excluding diaryl/α,β-unsaturated/α-hetero) is 2. The van der Waals surface area contributed by atoms with Crippen LogP contribution in [-0.4, -0.2) is 101 Å². The molecule has 0 spiro atoms. The van der Waals surface area contributed by atoms with E-state index in [0.29, 0.717) is 55.3 Å². The number of ether oxygens (including phenoxy) is 1. The summed E-state index contributed by atoms with van der Waals surface area (Å²) in [5.41, 5.74) is 7.91. The van der Waals surface area contributed by atoms with Crippen molar-refractivity contribution in [2.24, 2.45) is 14.1 Å². The molecule has 412 valence electrons. The number of hydrogen-bond donors (Lipinski definition) is 3. The molecule has 2 aliphatic rings. The van der Waals surface area contributed by atoms with E-state index in [1.807, 2.05) is 119 Å². The number of ketones is 2. The van der Waals surface area contributed by atoms with Gasteiger partial charge in [0.15, 0.2) is 0 Å². The highest BCUT2D eigenvalue weighted by atomic mass is 16.6. The van der Waals surface area contributed by atoms with Crippen molar-refractivity contribution in [3.8, 4) is 22.5 Å². The number of fused-ring (bicyclic) bond motifs is 2. The van der Waals surface area contributed by atoms with Gasteiger partial charge in [-0.15, -0.1) is 20.4 Å². The number of aromatic nitrogens is 12. The van der Waals surface area contributed by atoms with Crippen molar-refractivity contribution in [3.05, 3.63) is 132 Å². The van der Waals surface area contributed by atoms with Crippen LogP contribution in [-0.2, 0) is 42.8 Å². The molecule has 8 aromatic rings. The number of benzene rings is 2. The fourth-order valence-electron chi connectivity index (χ4n) is 9.22. The standard InChI is InChI=1S/C31H38N8O4.C26H30N8O2/c1-30(2,3)27-37-36-26(42-27)25(40)15-19-11-13-39(29(41)43-31(4,5)6)17-21-14-20(8-9-23(19)21)24-10-12-32-28(35-24)34-22-16-33-38(7)18-22;1-26(2,3)24-33-32-23(36-24)22(35)12-16-7-9-27-13-18-11-17(5-6-20(16)18)21-8-10-28-25(31-21)30-19-14-29-34(4)15-19/h8-10,12,14,16,18-19H,11,13,15,17H2,1-7H3,(H,32,34,35);5-6,8,10-11,14-16,27H,7,9,12-13H2,1-4H3,(H,28,30,31)/t;16-/m.0/s1. The van der Waals surface area contributed by atoms with E-state index in [-0.39, 0.29) is 52.4 Å². The van der Waals surface area contributed by atoms with E-state index in [2.05, 4.69) is 79.7 Å². The quantitative estimate of drug-likeness (QED) is 0.0960. The molecule has 0 aliphatic carbocycles. The second kappa shape index (κ2) is 22.8. The summed E-state index contributed by atoms with van der Waals surface area (Å²) < 4.78 is 20.5. The van der Waals surface area contributed by atoms with Gasteiger partial charge in [0, 0.05) is 93.3 Å². The van der Waals surface area contributed by atoms with Gasteiger partial charge in [-0.1, -0.05) is 65.8 Å². The van der Waals surface area contributed by atoms with Crippen LogP contribution in [0.15, 0.2) is 94.5 Å². The minimum atomic E-state index is -0.634. The van der Waals surface area contributed by atoms with Gasteiger partial charge in [-0.05, 0) is 98.5 Å². The molecule has 1 unspecified atom stereocenters. The fourth-order valence-corrected chi connectivity index (χ4v) is 9.22. The lowest BCUT2D eigenvalue weighted by atomic mass is 9.87. The van der Waals surface area contributed by atoms with E-state index in [1.165, 1.54) is 0 Å². The summed E-state index contributed by atoms with van der Waals surface area (Å²) in [6, 6.07) is 16.1. The van der Waals surface area contributed by atoms with Crippen LogP contribution < -0.4 is 16.0 Å². The minimum absolute atomic E-state index is 0.00553. The molecular weight excluding hydrogens is 1000 g/mol. The highest BCUT2D eigenvalue weighted by molar-refractivity contribution is 5.92. The van der Waals surface area contributed by atoms with Gasteiger partial charge < -0.3 is 34.4 Å². The Morgan fingerprint density at radius 1 is 0.658 bits per heavy atom. The third kappa shape index (κ3) is 14.0. The number of hydrogen-bond acceptors (Lipinski definition) is 19. The summed E-state index contributed by atoms with van der Waals surface area (Å²) in [6.07, 6.45) is 12.1. The smallest absolute Gasteiger partial charge is 0.410 e. The third-order valence-electron chi connectivity index (χ3n) is 13.2. The van der Waals surface area contributed by atoms with Gasteiger partial charge in [0.1, 0.15) is 5.60 Å². The first kappa shape index (κ1) is 55.2. The zero-order valence-corrected chi connectivity index (χ0v) is 46.7. The highest BCUT2D eigenvalue weighted by Gasteiger charge is 2.33. The molecule has 10 rings (SSSR count). The van der Waals surface area contributed by atoms with Crippen molar-refractivity contribution < 1.29 is 28.0 Å². The van der Waals surface area contributed by atoms with Crippen molar-refractivity contribution in [1.82, 2.24) is 70.1 Å². The molecule has 3 N–H and O–H groups in total. The maximum atomic E-state index is 13.3. The molecule has 1 amide bonds. The van der Waals surface area contributed by atoms with Crippen LogP contribution in [0.4, 0.5) is 28.1 Å². The zero-order valence-electron chi connectivity index (χ0n) is 46.7. The summed E-state index contributed by atoms with van der Waals surface area (Å²) in [4.78, 5) is 59.3. The molecule has 0 saturated heterocycles. The zero-order chi connectivity index (χ0) is 56.2. The molecule has 22 heteroatoms. The Morgan fingerprint density at radius 3 is 1.62 bits per heavy atom. The van der Waals surface area contributed by atoms with E-state index < -0.39 is 11.7 Å². The summed E-state index contributed by atoms with van der Waals surface area (Å²) in [5, 5.41) is 34.4. The molecule has 8 heterocycles. The van der Waals surface area contributed by atoms with Crippen molar-refractivity contribution in [3.63, 3.8) is 0 Å². The van der Waals surface area contributed by atoms with Gasteiger partial charge in [0.25, 0.3) is 11.8 Å². The van der Waals surface area contributed by atoms with Gasteiger partial charge in [0.2, 0.25) is 35.2 Å². The minimum Gasteiger partial charge on any atom is -0.444 e. The molecule has 6 aromatic heterocycles. The van der Waals surface area contributed by atoms with Crippen LogP contribution in [0.25, 0.3) is 22.5 Å². The number of carbonyl (C=O) groups excluding carboxylic acids is 3. The Labute approximate surface area is 458 Å². The predicted molar refractivity (Wildman–Crippen MR) is 295 cm³/mol. The lowest BCUT2D eigenvalue weighted by molar-refractivity contribution is 0.0234. The SMILES string of the molecule is Cn1cc(Nc2nccc(-c3ccc4c(c3)CN(C(=O)OC(C)(C)C)CCC4CC(=O)c3nnc(C(C)(C)C)o3)n2)cn1.Cn1cc(Nc2nccc(-c3ccc4c(c3)CNCC[C@H]4CC(=O)c3nnc(C(C)(C)C)o3)n2)cn1. The first-order valence-electron chi connectivity index (χ1n) is 26.4. The molecule has 0 bridgehead atoms. The predicted octanol–water partition coefficient (Wildman–Crippen LogP) is 9.95. The van der Waals surface area contributed by atoms with E-state index >= 15 is 0 Å². The van der Waals surface area contributed by atoms with E-state index in [4.69, 9.17) is 18.6 Å². The van der Waals surface area contributed by atoms with Gasteiger partial charge in [-0.3, -0.25) is 19.0 Å². The van der Waals surface area contributed by atoms with Gasteiger partial charge in [0.05, 0.1) is 35.2 Å². The molecule has 0 fully saturated rings. The highest BCUT2D eigenvalue weighted by Crippen LogP contribution is 2.37. The lowest BCUT2D eigenvalue weighted by Crippen LogP contribution is -2.36. The van der Waals surface area contributed by atoms with Crippen molar-refractivity contribution >= 4 is 40.9 Å². The Morgan fingerprint density at radius 2 is 1.15 bits per heavy atom. The summed E-state index contributed by atoms with van der Waals surface area (Å²) in [7, 11) is 3.70. The van der Waals surface area contributed by atoms with Crippen molar-refractivity contribution in [2.45, 2.75) is 129 Å². The van der Waals surface area contributed by atoms with E-state index in [0.717, 1.165) is 70.0 Å². The Kier molecular flexibility index (Phi) is 16.0. The van der Waals surface area contributed by atoms with Crippen LogP contribution in [0, 0.1) is 0 Å². The van der Waals surface area contributed by atoms with Gasteiger partial charge in [-0.25, -0.2) is 24.7 Å². The number of rotatable bonds is 12. The van der Waals surface area contributed by atoms with Crippen molar-refractivity contribution in [1.29, 1.82) is 0 Å². The Balaban J connectivity index is 0.000000195. The first-order chi connectivity index (χ1) is 37.5. The number of amides is 1. The Bertz CT molecular complexity index is 3470. The molecule has 0 radical (unpaired) electrons. The van der Waals surface area contributed by atoms with Crippen LogP contribution in [0.1, 0.15) is 155 Å². The van der Waals surface area contributed by atoms with Gasteiger partial charge in [-0.2, -0.15) is 10.2 Å². The monoisotopic (exact) mass is 1070 g/mol. The lowest BCUT2D eigenvalue weighted by Gasteiger charge is -2.26. The second-order valence-electron chi connectivity index (χ2n) is 23.0. The van der Waals surface area contributed by atoms with Crippen LogP contribution in [0.5, 0.6) is 0 Å². The largest absolute Gasteiger partial charge is 0.444 e. The van der Waals surface area contributed by atoms with Crippen LogP contribution in [0.2, 0.25) is 0 Å². The summed E-state index contributed by atoms with van der Waals surface area (Å²) >= 11 is 0. The molecule has 2 aliphatic heterocycles. The van der Waals surface area contributed by atoms with E-state index in [9.17, 15) is 14.4 Å². The molecule has 2 aromatic carbocycles. The number of nitrogens with one attached hydrogen (secondary N) is 3. The average molecular weight is 1070 g/mol. The summed E-state index contributed by atoms with van der Waals surface area (Å²) in [5.74, 6) is 1.48. The maximum absolute atomic E-state index is 13.3. The summed E-state index contributed by atoms with van der Waals surface area (Å²) in [6.45, 7) is 19.7. The number of carbonyl (C=O) groups is 3. The molecule has 0 saturated carbocycles. The first-order valence-corrected chi connectivity index (χ1v) is 26.4. The molecule has 22 nitrogen and oxygen atoms in total.